The average molecular weight is 382 g/mol. The van der Waals surface area contributed by atoms with Crippen LogP contribution in [0.15, 0.2) is 12.4 Å². The molecular formula is C17H20ClN3O3S. The highest BCUT2D eigenvalue weighted by Crippen LogP contribution is 2.38. The lowest BCUT2D eigenvalue weighted by Crippen LogP contribution is -2.21. The second kappa shape index (κ2) is 7.58. The summed E-state index contributed by atoms with van der Waals surface area (Å²) in [6.45, 7) is 3.67. The van der Waals surface area contributed by atoms with Crippen molar-refractivity contribution < 1.29 is 14.3 Å². The topological polar surface area (TPSA) is 73.2 Å². The molecule has 3 rings (SSSR count). The fourth-order valence-electron chi connectivity index (χ4n) is 2.88. The molecule has 0 unspecified atom stereocenters. The van der Waals surface area contributed by atoms with E-state index in [2.05, 4.69) is 10.4 Å². The minimum absolute atomic E-state index is 0.0357. The summed E-state index contributed by atoms with van der Waals surface area (Å²) in [5.41, 5.74) is 1.54. The Morgan fingerprint density at radius 1 is 1.40 bits per heavy atom. The van der Waals surface area contributed by atoms with Crippen molar-refractivity contribution in [2.24, 2.45) is 0 Å². The highest BCUT2D eigenvalue weighted by atomic mass is 35.5. The largest absolute Gasteiger partial charge is 0.459 e. The van der Waals surface area contributed by atoms with Crippen molar-refractivity contribution in [2.75, 3.05) is 5.32 Å². The van der Waals surface area contributed by atoms with Crippen LogP contribution in [0.4, 0.5) is 5.00 Å². The molecule has 0 bridgehead atoms. The summed E-state index contributed by atoms with van der Waals surface area (Å²) in [5.74, 6) is -0.621. The van der Waals surface area contributed by atoms with Crippen LogP contribution in [-0.2, 0) is 28.9 Å². The molecule has 1 N–H and O–H groups in total. The van der Waals surface area contributed by atoms with Crippen LogP contribution in [0.25, 0.3) is 0 Å². The van der Waals surface area contributed by atoms with Gasteiger partial charge in [-0.2, -0.15) is 5.10 Å². The smallest absolute Gasteiger partial charge is 0.341 e. The predicted octanol–water partition coefficient (Wildman–Crippen LogP) is 3.68. The lowest BCUT2D eigenvalue weighted by molar-refractivity contribution is -0.116. The van der Waals surface area contributed by atoms with Crippen LogP contribution in [0.3, 0.4) is 0 Å². The predicted molar refractivity (Wildman–Crippen MR) is 97.4 cm³/mol. The van der Waals surface area contributed by atoms with Gasteiger partial charge in [0, 0.05) is 11.1 Å². The summed E-state index contributed by atoms with van der Waals surface area (Å²) in [7, 11) is 0. The zero-order valence-electron chi connectivity index (χ0n) is 14.2. The lowest BCUT2D eigenvalue weighted by Gasteiger charge is -2.14. The van der Waals surface area contributed by atoms with E-state index in [1.54, 1.807) is 6.20 Å². The zero-order chi connectivity index (χ0) is 18.0. The number of hydrogen-bond acceptors (Lipinski definition) is 5. The number of carbonyl (C=O) groups excluding carboxylic acids is 2. The zero-order valence-corrected chi connectivity index (χ0v) is 15.7. The molecule has 0 spiro atoms. The summed E-state index contributed by atoms with van der Waals surface area (Å²) < 4.78 is 6.84. The Kier molecular flexibility index (Phi) is 5.44. The Labute approximate surface area is 155 Å². The minimum Gasteiger partial charge on any atom is -0.459 e. The normalized spacial score (nSPS) is 13.6. The van der Waals surface area contributed by atoms with E-state index in [0.29, 0.717) is 15.6 Å². The van der Waals surface area contributed by atoms with Crippen molar-refractivity contribution >= 4 is 39.8 Å². The van der Waals surface area contributed by atoms with Crippen LogP contribution in [0, 0.1) is 0 Å². The number of carbonyl (C=O) groups is 2. The first-order chi connectivity index (χ1) is 11.9. The van der Waals surface area contributed by atoms with Crippen LogP contribution < -0.4 is 5.32 Å². The Balaban J connectivity index is 1.83. The number of anilines is 1. The Morgan fingerprint density at radius 2 is 2.16 bits per heavy atom. The quantitative estimate of drug-likeness (QED) is 0.802. The Hall–Kier alpha value is -1.86. The van der Waals surface area contributed by atoms with Gasteiger partial charge in [0.2, 0.25) is 5.91 Å². The first-order valence-electron chi connectivity index (χ1n) is 8.27. The van der Waals surface area contributed by atoms with Gasteiger partial charge in [-0.25, -0.2) is 4.79 Å². The van der Waals surface area contributed by atoms with E-state index in [-0.39, 0.29) is 24.5 Å². The summed E-state index contributed by atoms with van der Waals surface area (Å²) in [6, 6.07) is 0. The molecule has 0 aliphatic heterocycles. The van der Waals surface area contributed by atoms with Crippen molar-refractivity contribution in [3.8, 4) is 0 Å². The van der Waals surface area contributed by atoms with E-state index < -0.39 is 0 Å². The van der Waals surface area contributed by atoms with Gasteiger partial charge < -0.3 is 10.1 Å². The molecule has 0 fully saturated rings. The van der Waals surface area contributed by atoms with E-state index in [4.69, 9.17) is 16.3 Å². The summed E-state index contributed by atoms with van der Waals surface area (Å²) in [4.78, 5) is 26.1. The molecule has 1 amide bonds. The standard InChI is InChI=1S/C17H20ClN3O3S/c1-10(2)24-17(23)15-12-5-3-4-6-13(12)25-16(15)20-14(22)9-21-8-11(18)7-19-21/h7-8,10H,3-6,9H2,1-2H3,(H,20,22). The van der Waals surface area contributed by atoms with E-state index in [9.17, 15) is 9.59 Å². The molecule has 2 aromatic rings. The number of thiophene rings is 1. The third kappa shape index (κ3) is 4.22. The SMILES string of the molecule is CC(C)OC(=O)c1c(NC(=O)Cn2cc(Cl)cn2)sc2c1CCCC2. The van der Waals surface area contributed by atoms with Crippen molar-refractivity contribution in [3.05, 3.63) is 33.4 Å². The summed E-state index contributed by atoms with van der Waals surface area (Å²) in [6.07, 6.45) is 6.78. The van der Waals surface area contributed by atoms with Gasteiger partial charge in [0.25, 0.3) is 0 Å². The second-order valence-corrected chi connectivity index (χ2v) is 7.82. The molecule has 1 aliphatic carbocycles. The maximum absolute atomic E-state index is 12.6. The van der Waals surface area contributed by atoms with Crippen LogP contribution in [-0.4, -0.2) is 27.8 Å². The molecule has 0 atom stereocenters. The first kappa shape index (κ1) is 17.9. The number of nitrogens with zero attached hydrogens (tertiary/aromatic N) is 2. The number of fused-ring (bicyclic) bond motifs is 1. The lowest BCUT2D eigenvalue weighted by atomic mass is 9.95. The van der Waals surface area contributed by atoms with Gasteiger partial charge in [-0.05, 0) is 45.1 Å². The van der Waals surface area contributed by atoms with Crippen LogP contribution >= 0.6 is 22.9 Å². The summed E-state index contributed by atoms with van der Waals surface area (Å²) in [5, 5.41) is 7.89. The highest BCUT2D eigenvalue weighted by Gasteiger charge is 2.27. The molecule has 1 aliphatic rings. The number of halogens is 1. The van der Waals surface area contributed by atoms with Crippen molar-refractivity contribution in [2.45, 2.75) is 52.2 Å². The fraction of sp³-hybridized carbons (Fsp3) is 0.471. The molecule has 0 saturated heterocycles. The van der Waals surface area contributed by atoms with E-state index in [1.807, 2.05) is 13.8 Å². The molecule has 0 radical (unpaired) electrons. The number of aromatic nitrogens is 2. The number of rotatable bonds is 5. The highest BCUT2D eigenvalue weighted by molar-refractivity contribution is 7.17. The first-order valence-corrected chi connectivity index (χ1v) is 9.47. The van der Waals surface area contributed by atoms with Gasteiger partial charge in [0.1, 0.15) is 11.5 Å². The molecule has 0 saturated carbocycles. The van der Waals surface area contributed by atoms with Crippen LogP contribution in [0.2, 0.25) is 5.02 Å². The van der Waals surface area contributed by atoms with Gasteiger partial charge in [-0.15, -0.1) is 11.3 Å². The second-order valence-electron chi connectivity index (χ2n) is 6.27. The van der Waals surface area contributed by atoms with Crippen LogP contribution in [0.1, 0.15) is 47.5 Å². The molecule has 8 heteroatoms. The van der Waals surface area contributed by atoms with Crippen molar-refractivity contribution in [3.63, 3.8) is 0 Å². The maximum Gasteiger partial charge on any atom is 0.341 e. The van der Waals surface area contributed by atoms with E-state index in [1.165, 1.54) is 27.1 Å². The van der Waals surface area contributed by atoms with Gasteiger partial charge in [0.15, 0.2) is 0 Å². The van der Waals surface area contributed by atoms with E-state index in [0.717, 1.165) is 31.2 Å². The maximum atomic E-state index is 12.6. The van der Waals surface area contributed by atoms with Crippen molar-refractivity contribution in [1.82, 2.24) is 9.78 Å². The van der Waals surface area contributed by atoms with Gasteiger partial charge in [-0.1, -0.05) is 11.6 Å². The monoisotopic (exact) mass is 381 g/mol. The third-order valence-corrected chi connectivity index (χ3v) is 5.28. The average Bonchev–Trinajstić information content (AvgIpc) is 3.09. The van der Waals surface area contributed by atoms with E-state index >= 15 is 0 Å². The number of esters is 1. The van der Waals surface area contributed by atoms with Crippen LogP contribution in [0.5, 0.6) is 0 Å². The number of ether oxygens (including phenoxy) is 1. The molecule has 0 aromatic carbocycles. The number of amides is 1. The van der Waals surface area contributed by atoms with Gasteiger partial charge in [0.05, 0.1) is 22.9 Å². The number of nitrogens with one attached hydrogen (secondary N) is 1. The molecule has 134 valence electrons. The van der Waals surface area contributed by atoms with Crippen molar-refractivity contribution in [1.29, 1.82) is 0 Å². The third-order valence-electron chi connectivity index (χ3n) is 3.88. The van der Waals surface area contributed by atoms with Gasteiger partial charge in [-0.3, -0.25) is 9.48 Å². The number of hydrogen-bond donors (Lipinski definition) is 1. The number of aryl methyl sites for hydroxylation is 1. The fourth-order valence-corrected chi connectivity index (χ4v) is 4.33. The minimum atomic E-state index is -0.369. The molecular weight excluding hydrogens is 362 g/mol. The molecule has 6 nitrogen and oxygen atoms in total. The molecule has 2 heterocycles. The Bertz CT molecular complexity index is 797. The summed E-state index contributed by atoms with van der Waals surface area (Å²) >= 11 is 7.29. The Morgan fingerprint density at radius 3 is 2.84 bits per heavy atom. The molecule has 2 aromatic heterocycles. The molecule has 25 heavy (non-hydrogen) atoms. The van der Waals surface area contributed by atoms with Gasteiger partial charge >= 0.3 is 5.97 Å².